The summed E-state index contributed by atoms with van der Waals surface area (Å²) < 4.78 is 10.8. The quantitative estimate of drug-likeness (QED) is 0.401. The molecule has 1 aromatic rings. The molecule has 0 unspecified atom stereocenters. The number of hydrogen-bond donors (Lipinski definition) is 1. The minimum Gasteiger partial charge on any atom is -0.393 e. The Morgan fingerprint density at radius 3 is 2.68 bits per heavy atom. The molecule has 1 aromatic carbocycles. The lowest BCUT2D eigenvalue weighted by atomic mass is 10.0. The maximum absolute atomic E-state index is 9.81. The van der Waals surface area contributed by atoms with E-state index in [1.54, 1.807) is 0 Å². The van der Waals surface area contributed by atoms with Gasteiger partial charge in [-0.2, -0.15) is 0 Å². The second-order valence-corrected chi connectivity index (χ2v) is 4.73. The average Bonchev–Trinajstić information content (AvgIpc) is 2.45. The summed E-state index contributed by atoms with van der Waals surface area (Å²) in [4.78, 5) is 0. The summed E-state index contributed by atoms with van der Waals surface area (Å²) >= 11 is 0. The van der Waals surface area contributed by atoms with Crippen LogP contribution in [-0.4, -0.2) is 24.6 Å². The topological polar surface area (TPSA) is 38.7 Å². The molecule has 0 heterocycles. The fourth-order valence-corrected chi connectivity index (χ4v) is 1.71. The summed E-state index contributed by atoms with van der Waals surface area (Å²) in [6.07, 6.45) is 3.04. The number of hydrogen-bond acceptors (Lipinski definition) is 3. The van der Waals surface area contributed by atoms with Crippen LogP contribution in [0, 0.1) is 5.92 Å². The Labute approximate surface area is 115 Å². The van der Waals surface area contributed by atoms with E-state index in [2.05, 4.69) is 6.58 Å². The first-order chi connectivity index (χ1) is 9.24. The first kappa shape index (κ1) is 15.9. The third-order valence-electron chi connectivity index (χ3n) is 2.98. The van der Waals surface area contributed by atoms with E-state index in [-0.39, 0.29) is 18.8 Å². The molecule has 0 saturated carbocycles. The summed E-state index contributed by atoms with van der Waals surface area (Å²) in [5.74, 6) is 0.111. The van der Waals surface area contributed by atoms with E-state index in [4.69, 9.17) is 9.47 Å². The maximum Gasteiger partial charge on any atom is 0.147 e. The molecule has 0 aromatic heterocycles. The maximum atomic E-state index is 9.81. The fourth-order valence-electron chi connectivity index (χ4n) is 1.71. The van der Waals surface area contributed by atoms with Crippen LogP contribution in [0.2, 0.25) is 0 Å². The van der Waals surface area contributed by atoms with E-state index >= 15 is 0 Å². The molecule has 0 spiro atoms. The van der Waals surface area contributed by atoms with Crippen LogP contribution in [0.3, 0.4) is 0 Å². The molecule has 19 heavy (non-hydrogen) atoms. The summed E-state index contributed by atoms with van der Waals surface area (Å²) in [7, 11) is 0. The van der Waals surface area contributed by atoms with E-state index in [0.29, 0.717) is 13.2 Å². The van der Waals surface area contributed by atoms with Crippen LogP contribution >= 0.6 is 0 Å². The number of aliphatic hydroxyl groups is 1. The number of rotatable bonds is 10. The van der Waals surface area contributed by atoms with Crippen molar-refractivity contribution >= 4 is 0 Å². The lowest BCUT2D eigenvalue weighted by Crippen LogP contribution is -2.22. The highest BCUT2D eigenvalue weighted by Crippen LogP contribution is 2.10. The smallest absolute Gasteiger partial charge is 0.147 e. The van der Waals surface area contributed by atoms with E-state index in [0.717, 1.165) is 18.4 Å². The van der Waals surface area contributed by atoms with Gasteiger partial charge >= 0.3 is 0 Å². The average molecular weight is 264 g/mol. The number of allylic oxidation sites excluding steroid dienone is 1. The standard InChI is InChI=1S/C16H24O3/c1-3-4-10-16(17)14(2)11-18-13-19-12-15-8-6-5-7-9-15/h3,5-9,14,16-17H,1,4,10-13H2,2H3/t14-,16+/m1/s1. The molecule has 0 radical (unpaired) electrons. The number of ether oxygens (including phenoxy) is 2. The lowest BCUT2D eigenvalue weighted by Gasteiger charge is -2.18. The van der Waals surface area contributed by atoms with Gasteiger partial charge in [-0.05, 0) is 18.4 Å². The van der Waals surface area contributed by atoms with Crippen LogP contribution in [0.1, 0.15) is 25.3 Å². The summed E-state index contributed by atoms with van der Waals surface area (Å²) in [5, 5.41) is 9.81. The van der Waals surface area contributed by atoms with Gasteiger partial charge in [-0.1, -0.05) is 43.3 Å². The first-order valence-electron chi connectivity index (χ1n) is 6.72. The molecular weight excluding hydrogens is 240 g/mol. The van der Waals surface area contributed by atoms with Crippen molar-refractivity contribution in [3.63, 3.8) is 0 Å². The summed E-state index contributed by atoms with van der Waals surface area (Å²) in [5.41, 5.74) is 1.13. The Morgan fingerprint density at radius 2 is 2.00 bits per heavy atom. The molecule has 3 heteroatoms. The van der Waals surface area contributed by atoms with Crippen molar-refractivity contribution in [1.29, 1.82) is 0 Å². The molecule has 3 nitrogen and oxygen atoms in total. The summed E-state index contributed by atoms with van der Waals surface area (Å²) in [6.45, 7) is 6.94. The first-order valence-corrected chi connectivity index (χ1v) is 6.72. The Kier molecular flexibility index (Phi) is 8.14. The Balaban J connectivity index is 2.05. The second kappa shape index (κ2) is 9.73. The Morgan fingerprint density at radius 1 is 1.26 bits per heavy atom. The zero-order valence-corrected chi connectivity index (χ0v) is 11.6. The Bertz CT molecular complexity index is 337. The van der Waals surface area contributed by atoms with Crippen molar-refractivity contribution in [1.82, 2.24) is 0 Å². The predicted octanol–water partition coefficient (Wildman–Crippen LogP) is 3.14. The van der Waals surface area contributed by atoms with Crippen LogP contribution in [0.25, 0.3) is 0 Å². The molecule has 1 rings (SSSR count). The van der Waals surface area contributed by atoms with Gasteiger partial charge < -0.3 is 14.6 Å². The molecule has 1 N–H and O–H groups in total. The van der Waals surface area contributed by atoms with Gasteiger partial charge in [0, 0.05) is 5.92 Å². The number of benzene rings is 1. The van der Waals surface area contributed by atoms with E-state index in [1.807, 2.05) is 43.3 Å². The van der Waals surface area contributed by atoms with Crippen molar-refractivity contribution in [2.24, 2.45) is 5.92 Å². The monoisotopic (exact) mass is 264 g/mol. The SMILES string of the molecule is C=CCC[C@H](O)[C@H](C)COCOCc1ccccc1. The minimum absolute atomic E-state index is 0.111. The highest BCUT2D eigenvalue weighted by Gasteiger charge is 2.13. The number of aliphatic hydroxyl groups excluding tert-OH is 1. The van der Waals surface area contributed by atoms with Crippen LogP contribution in [-0.2, 0) is 16.1 Å². The third-order valence-corrected chi connectivity index (χ3v) is 2.98. The van der Waals surface area contributed by atoms with Crippen LogP contribution < -0.4 is 0 Å². The second-order valence-electron chi connectivity index (χ2n) is 4.73. The van der Waals surface area contributed by atoms with Crippen LogP contribution in [0.4, 0.5) is 0 Å². The molecule has 2 atom stereocenters. The van der Waals surface area contributed by atoms with Crippen molar-refractivity contribution in [2.75, 3.05) is 13.4 Å². The van der Waals surface area contributed by atoms with Crippen molar-refractivity contribution in [3.8, 4) is 0 Å². The van der Waals surface area contributed by atoms with Crippen molar-refractivity contribution in [3.05, 3.63) is 48.6 Å². The Hall–Kier alpha value is -1.16. The van der Waals surface area contributed by atoms with E-state index < -0.39 is 0 Å². The summed E-state index contributed by atoms with van der Waals surface area (Å²) in [6, 6.07) is 9.98. The minimum atomic E-state index is -0.341. The van der Waals surface area contributed by atoms with Gasteiger partial charge in [-0.3, -0.25) is 0 Å². The molecule has 0 bridgehead atoms. The molecule has 0 aliphatic rings. The fraction of sp³-hybridized carbons (Fsp3) is 0.500. The zero-order chi connectivity index (χ0) is 13.9. The molecule has 106 valence electrons. The molecular formula is C16H24O3. The van der Waals surface area contributed by atoms with Gasteiger partial charge in [-0.25, -0.2) is 0 Å². The molecule has 0 aliphatic heterocycles. The normalized spacial score (nSPS) is 14.0. The van der Waals surface area contributed by atoms with Gasteiger partial charge in [0.1, 0.15) is 6.79 Å². The molecule has 0 saturated heterocycles. The third kappa shape index (κ3) is 7.11. The van der Waals surface area contributed by atoms with Gasteiger partial charge in [0.15, 0.2) is 0 Å². The molecule has 0 aliphatic carbocycles. The van der Waals surface area contributed by atoms with E-state index in [1.165, 1.54) is 0 Å². The lowest BCUT2D eigenvalue weighted by molar-refractivity contribution is -0.0817. The van der Waals surface area contributed by atoms with Crippen molar-refractivity contribution < 1.29 is 14.6 Å². The zero-order valence-electron chi connectivity index (χ0n) is 11.6. The van der Waals surface area contributed by atoms with Gasteiger partial charge in [0.05, 0.1) is 19.3 Å². The highest BCUT2D eigenvalue weighted by atomic mass is 16.7. The van der Waals surface area contributed by atoms with Gasteiger partial charge in [0.25, 0.3) is 0 Å². The van der Waals surface area contributed by atoms with Gasteiger partial charge in [0.2, 0.25) is 0 Å². The highest BCUT2D eigenvalue weighted by molar-refractivity contribution is 5.13. The molecule has 0 amide bonds. The van der Waals surface area contributed by atoms with Crippen molar-refractivity contribution in [2.45, 2.75) is 32.5 Å². The predicted molar refractivity (Wildman–Crippen MR) is 76.7 cm³/mol. The van der Waals surface area contributed by atoms with Crippen LogP contribution in [0.5, 0.6) is 0 Å². The van der Waals surface area contributed by atoms with Crippen LogP contribution in [0.15, 0.2) is 43.0 Å². The van der Waals surface area contributed by atoms with E-state index in [9.17, 15) is 5.11 Å². The largest absolute Gasteiger partial charge is 0.393 e. The van der Waals surface area contributed by atoms with Gasteiger partial charge in [-0.15, -0.1) is 6.58 Å². The molecule has 0 fully saturated rings.